The van der Waals surface area contributed by atoms with Gasteiger partial charge in [0.15, 0.2) is 18.8 Å². The number of amides is 1. The van der Waals surface area contributed by atoms with E-state index in [1.54, 1.807) is 6.07 Å². The Labute approximate surface area is 169 Å². The minimum absolute atomic E-state index is 0.0605. The molecule has 5 N–H and O–H groups in total. The minimum atomic E-state index is -5.19. The molecule has 1 amide bonds. The van der Waals surface area contributed by atoms with Crippen LogP contribution in [-0.4, -0.2) is 64.1 Å². The molecule has 0 aliphatic heterocycles. The first-order valence-corrected chi connectivity index (χ1v) is 7.64. The Morgan fingerprint density at radius 2 is 1.61 bits per heavy atom. The maximum Gasteiger partial charge on any atom is 0.490 e. The second kappa shape index (κ2) is 12.9. The fourth-order valence-electron chi connectivity index (χ4n) is 1.17. The number of nitrogens with zero attached hydrogens (tertiary/aromatic N) is 2. The van der Waals surface area contributed by atoms with Crippen molar-refractivity contribution >= 4 is 23.8 Å². The number of carboxylic acids is 3. The average Bonchev–Trinajstić information content (AvgIpc) is 2.61. The fraction of sp³-hybridized carbons (Fsp3) is 0.429. The second-order valence-electron chi connectivity index (χ2n) is 5.03. The molecule has 0 saturated heterocycles. The summed E-state index contributed by atoms with van der Waals surface area (Å²) in [7, 11) is 0. The van der Waals surface area contributed by atoms with E-state index in [2.05, 4.69) is 10.4 Å². The van der Waals surface area contributed by atoms with E-state index in [0.29, 0.717) is 12.1 Å². The number of rotatable bonds is 5. The van der Waals surface area contributed by atoms with Crippen molar-refractivity contribution in [2.75, 3.05) is 6.54 Å². The van der Waals surface area contributed by atoms with E-state index in [4.69, 9.17) is 30.6 Å². The first-order valence-electron chi connectivity index (χ1n) is 7.64. The molecule has 176 valence electrons. The van der Waals surface area contributed by atoms with Crippen molar-refractivity contribution in [2.24, 2.45) is 5.73 Å². The minimum Gasteiger partial charge on any atom is -0.542 e. The van der Waals surface area contributed by atoms with Crippen LogP contribution in [-0.2, 0) is 20.9 Å². The Morgan fingerprint density at radius 1 is 1.16 bits per heavy atom. The number of carboxylic acid groups (broad SMARTS) is 3. The van der Waals surface area contributed by atoms with Crippen molar-refractivity contribution in [3.05, 3.63) is 24.0 Å². The molecule has 1 aromatic rings. The van der Waals surface area contributed by atoms with Gasteiger partial charge in [-0.15, -0.1) is 0 Å². The predicted octanol–water partition coefficient (Wildman–Crippen LogP) is -1.54. The van der Waals surface area contributed by atoms with Crippen LogP contribution in [0.3, 0.4) is 0 Å². The van der Waals surface area contributed by atoms with Gasteiger partial charge in [-0.1, -0.05) is 4.68 Å². The van der Waals surface area contributed by atoms with Crippen LogP contribution in [0.4, 0.5) is 26.3 Å². The maximum absolute atomic E-state index is 11.4. The lowest BCUT2D eigenvalue weighted by molar-refractivity contribution is -0.754. The Kier molecular flexibility index (Phi) is 12.4. The lowest BCUT2D eigenvalue weighted by Crippen LogP contribution is -2.49. The number of carbonyl (C=O) groups excluding carboxylic acids is 2. The van der Waals surface area contributed by atoms with E-state index in [9.17, 15) is 35.9 Å². The highest BCUT2D eigenvalue weighted by atomic mass is 19.4. The normalized spacial score (nSPS) is 11.6. The standard InChI is InChI=1S/C10H14N4O3.2C2HF3O2/c1-2-12-9(15)7-3-4-14(13-5-7)6-8(11)10(16)17;2*3-2(4,5)1(6)7/h3-5,8H,2,6,11H2,1H3,(H-,12,15,16,17);2*(H,6,7). The molecule has 1 aromatic heterocycles. The summed E-state index contributed by atoms with van der Waals surface area (Å²) in [5.41, 5.74) is 5.78. The molecule has 1 atom stereocenters. The number of nitrogens with two attached hydrogens (primary N) is 1. The molecular weight excluding hydrogens is 450 g/mol. The summed E-state index contributed by atoms with van der Waals surface area (Å²) >= 11 is 0. The van der Waals surface area contributed by atoms with Gasteiger partial charge in [0.1, 0.15) is 12.2 Å². The second-order valence-corrected chi connectivity index (χ2v) is 5.03. The summed E-state index contributed by atoms with van der Waals surface area (Å²) in [6, 6.07) is 0.551. The molecule has 0 saturated carbocycles. The van der Waals surface area contributed by atoms with Gasteiger partial charge in [0.05, 0.1) is 5.56 Å². The zero-order valence-corrected chi connectivity index (χ0v) is 15.4. The van der Waals surface area contributed by atoms with E-state index in [0.717, 1.165) is 0 Å². The molecule has 0 aliphatic carbocycles. The third-order valence-electron chi connectivity index (χ3n) is 2.55. The number of aliphatic carboxylic acids is 3. The summed E-state index contributed by atoms with van der Waals surface area (Å²) in [5.74, 6) is -7.07. The highest BCUT2D eigenvalue weighted by Gasteiger charge is 2.38. The lowest BCUT2D eigenvalue weighted by Gasteiger charge is -2.03. The summed E-state index contributed by atoms with van der Waals surface area (Å²) in [4.78, 5) is 39.6. The molecule has 0 fully saturated rings. The van der Waals surface area contributed by atoms with Crippen LogP contribution >= 0.6 is 0 Å². The van der Waals surface area contributed by atoms with Crippen molar-refractivity contribution in [3.8, 4) is 0 Å². The number of hydrogen-bond donors (Lipinski definition) is 4. The van der Waals surface area contributed by atoms with Crippen molar-refractivity contribution in [3.63, 3.8) is 0 Å². The SMILES string of the molecule is CCNC(=O)c1cc[n+](CC(N)C(=O)O)nc1.O=C(O)C(F)(F)F.O=C([O-])C(F)(F)F. The summed E-state index contributed by atoms with van der Waals surface area (Å²) < 4.78 is 64.7. The zero-order chi connectivity index (χ0) is 25.0. The predicted molar refractivity (Wildman–Crippen MR) is 82.8 cm³/mol. The number of hydrogen-bond acceptors (Lipinski definition) is 7. The van der Waals surface area contributed by atoms with Crippen molar-refractivity contribution in [2.45, 2.75) is 31.9 Å². The van der Waals surface area contributed by atoms with Gasteiger partial charge in [-0.05, 0) is 12.0 Å². The van der Waals surface area contributed by atoms with Gasteiger partial charge in [-0.25, -0.2) is 4.79 Å². The molecule has 1 rings (SSSR count). The fourth-order valence-corrected chi connectivity index (χ4v) is 1.17. The zero-order valence-electron chi connectivity index (χ0n) is 15.4. The molecule has 1 unspecified atom stereocenters. The summed E-state index contributed by atoms with van der Waals surface area (Å²) in [6.07, 6.45) is -7.38. The molecule has 0 radical (unpaired) electrons. The third-order valence-corrected chi connectivity index (χ3v) is 2.55. The molecule has 0 bridgehead atoms. The number of halogens is 6. The van der Waals surface area contributed by atoms with E-state index in [1.165, 1.54) is 17.1 Å². The number of carbonyl (C=O) groups is 4. The topological polar surface area (TPSA) is 187 Å². The van der Waals surface area contributed by atoms with Gasteiger partial charge in [0.25, 0.3) is 5.91 Å². The first kappa shape index (κ1) is 29.7. The maximum atomic E-state index is 11.4. The highest BCUT2D eigenvalue weighted by molar-refractivity contribution is 5.93. The van der Waals surface area contributed by atoms with Gasteiger partial charge in [-0.2, -0.15) is 26.3 Å². The monoisotopic (exact) mass is 466 g/mol. The quantitative estimate of drug-likeness (QED) is 0.295. The van der Waals surface area contributed by atoms with Crippen LogP contribution in [0.5, 0.6) is 0 Å². The van der Waals surface area contributed by atoms with Crippen LogP contribution in [0, 0.1) is 0 Å². The van der Waals surface area contributed by atoms with Crippen LogP contribution in [0.25, 0.3) is 0 Å². The van der Waals surface area contributed by atoms with Gasteiger partial charge >= 0.3 is 24.3 Å². The number of aromatic nitrogens is 2. The van der Waals surface area contributed by atoms with Crippen molar-refractivity contribution in [1.82, 2.24) is 10.4 Å². The molecule has 31 heavy (non-hydrogen) atoms. The van der Waals surface area contributed by atoms with Gasteiger partial charge < -0.3 is 31.2 Å². The van der Waals surface area contributed by atoms with E-state index in [1.807, 2.05) is 6.92 Å². The highest BCUT2D eigenvalue weighted by Crippen LogP contribution is 2.13. The number of alkyl halides is 6. The van der Waals surface area contributed by atoms with Crippen molar-refractivity contribution in [1.29, 1.82) is 0 Å². The van der Waals surface area contributed by atoms with Crippen molar-refractivity contribution < 1.29 is 65.5 Å². The van der Waals surface area contributed by atoms with Crippen LogP contribution in [0.1, 0.15) is 17.3 Å². The molecule has 1 heterocycles. The van der Waals surface area contributed by atoms with Crippen LogP contribution in [0.15, 0.2) is 18.5 Å². The average molecular weight is 466 g/mol. The molecule has 17 heteroatoms. The van der Waals surface area contributed by atoms with E-state index < -0.39 is 36.3 Å². The molecule has 11 nitrogen and oxygen atoms in total. The van der Waals surface area contributed by atoms with Crippen LogP contribution < -0.4 is 20.8 Å². The molecular formula is C14H16F6N4O7. The first-order chi connectivity index (χ1) is 13.9. The Hall–Kier alpha value is -3.50. The smallest absolute Gasteiger partial charge is 0.490 e. The number of nitrogens with one attached hydrogen (secondary N) is 1. The summed E-state index contributed by atoms with van der Waals surface area (Å²) in [5, 5.41) is 31.1. The van der Waals surface area contributed by atoms with Crippen LogP contribution in [0.2, 0.25) is 0 Å². The Morgan fingerprint density at radius 3 is 1.87 bits per heavy atom. The summed E-state index contributed by atoms with van der Waals surface area (Å²) in [6.45, 7) is 2.42. The van der Waals surface area contributed by atoms with Gasteiger partial charge in [0.2, 0.25) is 0 Å². The molecule has 0 aliphatic rings. The molecule has 0 aromatic carbocycles. The van der Waals surface area contributed by atoms with E-state index >= 15 is 0 Å². The Bertz CT molecular complexity index is 729. The lowest BCUT2D eigenvalue weighted by atomic mass is 10.3. The van der Waals surface area contributed by atoms with E-state index in [-0.39, 0.29) is 12.5 Å². The van der Waals surface area contributed by atoms with Gasteiger partial charge in [0, 0.05) is 12.6 Å². The Balaban J connectivity index is 0. The molecule has 0 spiro atoms. The third kappa shape index (κ3) is 14.2. The van der Waals surface area contributed by atoms with Gasteiger partial charge in [-0.3, -0.25) is 9.59 Å². The largest absolute Gasteiger partial charge is 0.542 e.